The lowest BCUT2D eigenvalue weighted by Gasteiger charge is -2.30. The van der Waals surface area contributed by atoms with E-state index in [0.29, 0.717) is 22.9 Å². The topological polar surface area (TPSA) is 57.2 Å². The van der Waals surface area contributed by atoms with Crippen LogP contribution in [0.2, 0.25) is 5.02 Å². The number of ether oxygens (including phenoxy) is 2. The molecule has 0 saturated heterocycles. The van der Waals surface area contributed by atoms with Gasteiger partial charge in [0.05, 0.1) is 0 Å². The summed E-state index contributed by atoms with van der Waals surface area (Å²) in [6.45, 7) is 4.82. The summed E-state index contributed by atoms with van der Waals surface area (Å²) in [5.41, 5.74) is 2.34. The normalized spacial score (nSPS) is 27.2. The highest BCUT2D eigenvalue weighted by Gasteiger charge is 2.47. The summed E-state index contributed by atoms with van der Waals surface area (Å²) in [4.78, 5) is 11.5. The summed E-state index contributed by atoms with van der Waals surface area (Å²) in [7, 11) is 0. The fourth-order valence-electron chi connectivity index (χ4n) is 5.10. The molecule has 2 aromatic carbocycles. The summed E-state index contributed by atoms with van der Waals surface area (Å²) < 4.78 is 11.0. The first-order valence-electron chi connectivity index (χ1n) is 11.4. The Hall–Kier alpha value is -2.21. The van der Waals surface area contributed by atoms with Crippen molar-refractivity contribution < 1.29 is 24.4 Å². The summed E-state index contributed by atoms with van der Waals surface area (Å²) in [6, 6.07) is 12.9. The van der Waals surface area contributed by atoms with Gasteiger partial charge in [0.2, 0.25) is 6.79 Å². The molecule has 5 nitrogen and oxygen atoms in total. The van der Waals surface area contributed by atoms with Crippen molar-refractivity contribution in [3.8, 4) is 11.5 Å². The molecule has 1 N–H and O–H groups in total. The Kier molecular flexibility index (Phi) is 5.82. The third kappa shape index (κ3) is 3.98. The van der Waals surface area contributed by atoms with Crippen molar-refractivity contribution in [2.75, 3.05) is 6.79 Å². The second-order valence-corrected chi connectivity index (χ2v) is 9.82. The Balaban J connectivity index is 1.50. The highest BCUT2D eigenvalue weighted by atomic mass is 35.5. The van der Waals surface area contributed by atoms with E-state index < -0.39 is 5.79 Å². The molecule has 1 atom stereocenters. The number of rotatable bonds is 5. The lowest BCUT2D eigenvalue weighted by atomic mass is 9.75. The van der Waals surface area contributed by atoms with E-state index in [-0.39, 0.29) is 12.7 Å². The first-order valence-corrected chi connectivity index (χ1v) is 11.8. The SMILES string of the molecule is CC(C)C1CCC(C2=C(Cc3ccc4c(c3)OCO4)[C@](O)(c3ccc(Cl)cc3)OO2)CC1. The van der Waals surface area contributed by atoms with Gasteiger partial charge < -0.3 is 19.5 Å². The zero-order valence-corrected chi connectivity index (χ0v) is 19.2. The van der Waals surface area contributed by atoms with Crippen molar-refractivity contribution in [3.05, 3.63) is 69.9 Å². The molecular formula is C26H29ClO5. The van der Waals surface area contributed by atoms with Gasteiger partial charge in [0.25, 0.3) is 5.79 Å². The van der Waals surface area contributed by atoms with E-state index >= 15 is 0 Å². The van der Waals surface area contributed by atoms with Gasteiger partial charge in [-0.3, -0.25) is 0 Å². The molecule has 0 bridgehead atoms. The van der Waals surface area contributed by atoms with E-state index in [9.17, 15) is 5.11 Å². The molecule has 5 rings (SSSR count). The zero-order valence-electron chi connectivity index (χ0n) is 18.5. The number of allylic oxidation sites excluding steroid dienone is 1. The van der Waals surface area contributed by atoms with Crippen molar-refractivity contribution in [2.24, 2.45) is 17.8 Å². The number of fused-ring (bicyclic) bond motifs is 1. The zero-order chi connectivity index (χ0) is 22.3. The van der Waals surface area contributed by atoms with Crippen LogP contribution in [0.1, 0.15) is 50.7 Å². The fourth-order valence-corrected chi connectivity index (χ4v) is 5.22. The second kappa shape index (κ2) is 8.62. The molecule has 0 unspecified atom stereocenters. The summed E-state index contributed by atoms with van der Waals surface area (Å²) in [5, 5.41) is 12.3. The second-order valence-electron chi connectivity index (χ2n) is 9.38. The van der Waals surface area contributed by atoms with Gasteiger partial charge in [-0.15, -0.1) is 4.89 Å². The van der Waals surface area contributed by atoms with Gasteiger partial charge in [0, 0.05) is 28.5 Å². The molecule has 6 heteroatoms. The monoisotopic (exact) mass is 456 g/mol. The van der Waals surface area contributed by atoms with Gasteiger partial charge in [-0.25, -0.2) is 0 Å². The number of hydrogen-bond acceptors (Lipinski definition) is 5. The van der Waals surface area contributed by atoms with Crippen molar-refractivity contribution >= 4 is 11.6 Å². The van der Waals surface area contributed by atoms with Crippen LogP contribution in [0.25, 0.3) is 0 Å². The van der Waals surface area contributed by atoms with Gasteiger partial charge in [0.15, 0.2) is 17.3 Å². The Morgan fingerprint density at radius 3 is 2.44 bits per heavy atom. The van der Waals surface area contributed by atoms with Crippen molar-refractivity contribution in [3.63, 3.8) is 0 Å². The molecule has 2 heterocycles. The maximum absolute atomic E-state index is 11.7. The molecule has 170 valence electrons. The van der Waals surface area contributed by atoms with E-state index in [1.165, 1.54) is 0 Å². The fraction of sp³-hybridized carbons (Fsp3) is 0.462. The molecule has 0 amide bonds. The van der Waals surface area contributed by atoms with E-state index in [2.05, 4.69) is 13.8 Å². The standard InChI is InChI=1S/C26H29ClO5/c1-16(2)18-4-6-19(7-5-18)25-22(13-17-3-12-23-24(14-17)30-15-29-23)26(28,32-31-25)20-8-10-21(27)11-9-20/h3,8-12,14,16,18-19,28H,4-7,13,15H2,1-2H3/t18?,19?,26-/m0/s1. The average Bonchev–Trinajstić information content (AvgIpc) is 3.39. The lowest BCUT2D eigenvalue weighted by Crippen LogP contribution is -2.29. The van der Waals surface area contributed by atoms with Crippen LogP contribution in [0.4, 0.5) is 0 Å². The van der Waals surface area contributed by atoms with Crippen molar-refractivity contribution in [1.82, 2.24) is 0 Å². The van der Waals surface area contributed by atoms with Crippen LogP contribution in [0.3, 0.4) is 0 Å². The molecule has 32 heavy (non-hydrogen) atoms. The highest BCUT2D eigenvalue weighted by Crippen LogP contribution is 2.48. The van der Waals surface area contributed by atoms with Crippen LogP contribution in [-0.4, -0.2) is 11.9 Å². The van der Waals surface area contributed by atoms with Gasteiger partial charge in [-0.1, -0.05) is 43.6 Å². The summed E-state index contributed by atoms with van der Waals surface area (Å²) >= 11 is 6.08. The van der Waals surface area contributed by atoms with E-state index in [1.54, 1.807) is 24.3 Å². The summed E-state index contributed by atoms with van der Waals surface area (Å²) in [6.07, 6.45) is 4.86. The van der Waals surface area contributed by atoms with E-state index in [1.807, 2.05) is 18.2 Å². The van der Waals surface area contributed by atoms with Crippen LogP contribution < -0.4 is 9.47 Å². The predicted molar refractivity (Wildman–Crippen MR) is 121 cm³/mol. The highest BCUT2D eigenvalue weighted by molar-refractivity contribution is 6.30. The minimum atomic E-state index is -1.66. The number of hydrogen-bond donors (Lipinski definition) is 1. The number of aliphatic hydroxyl groups is 1. The van der Waals surface area contributed by atoms with E-state index in [4.69, 9.17) is 30.8 Å². The summed E-state index contributed by atoms with van der Waals surface area (Å²) in [5.74, 6) is 2.22. The van der Waals surface area contributed by atoms with Crippen molar-refractivity contribution in [2.45, 2.75) is 51.7 Å². The minimum Gasteiger partial charge on any atom is -0.454 e. The molecule has 1 saturated carbocycles. The predicted octanol–water partition coefficient (Wildman–Crippen LogP) is 6.13. The lowest BCUT2D eigenvalue weighted by molar-refractivity contribution is -0.371. The van der Waals surface area contributed by atoms with Crippen LogP contribution in [0.15, 0.2) is 53.8 Å². The Morgan fingerprint density at radius 1 is 1.00 bits per heavy atom. The molecule has 3 aliphatic rings. The van der Waals surface area contributed by atoms with Crippen LogP contribution in [-0.2, 0) is 22.0 Å². The molecular weight excluding hydrogens is 428 g/mol. The molecule has 0 radical (unpaired) electrons. The molecule has 1 fully saturated rings. The molecule has 0 aromatic heterocycles. The van der Waals surface area contributed by atoms with Crippen LogP contribution >= 0.6 is 11.6 Å². The first-order chi connectivity index (χ1) is 15.4. The Labute approximate surface area is 193 Å². The van der Waals surface area contributed by atoms with Gasteiger partial charge >= 0.3 is 0 Å². The molecule has 2 aromatic rings. The maximum Gasteiger partial charge on any atom is 0.263 e. The minimum absolute atomic E-state index is 0.229. The smallest absolute Gasteiger partial charge is 0.263 e. The van der Waals surface area contributed by atoms with Gasteiger partial charge in [-0.05, 0) is 67.3 Å². The largest absolute Gasteiger partial charge is 0.454 e. The molecule has 2 aliphatic heterocycles. The first kappa shape index (κ1) is 21.6. The van der Waals surface area contributed by atoms with Crippen LogP contribution in [0, 0.1) is 17.8 Å². The quantitative estimate of drug-likeness (QED) is 0.548. The van der Waals surface area contributed by atoms with Gasteiger partial charge in [0.1, 0.15) is 0 Å². The van der Waals surface area contributed by atoms with Crippen LogP contribution in [0.5, 0.6) is 11.5 Å². The third-order valence-corrected chi connectivity index (χ3v) is 7.35. The van der Waals surface area contributed by atoms with Gasteiger partial charge in [-0.2, -0.15) is 0 Å². The Bertz CT molecular complexity index is 1010. The number of benzene rings is 2. The molecule has 0 spiro atoms. The van der Waals surface area contributed by atoms with Crippen molar-refractivity contribution in [1.29, 1.82) is 0 Å². The molecule has 1 aliphatic carbocycles. The van der Waals surface area contributed by atoms with E-state index in [0.717, 1.165) is 60.0 Å². The third-order valence-electron chi connectivity index (χ3n) is 7.10. The number of halogens is 1. The maximum atomic E-state index is 11.7. The Morgan fingerprint density at radius 2 is 1.72 bits per heavy atom. The average molecular weight is 457 g/mol.